The number of thiophene rings is 1. The summed E-state index contributed by atoms with van der Waals surface area (Å²) in [4.78, 5) is 2.86. The van der Waals surface area contributed by atoms with Crippen LogP contribution in [0.5, 0.6) is 0 Å². The zero-order valence-corrected chi connectivity index (χ0v) is 13.6. The number of ether oxygens (including phenoxy) is 1. The van der Waals surface area contributed by atoms with Crippen LogP contribution in [0.25, 0.3) is 0 Å². The van der Waals surface area contributed by atoms with Gasteiger partial charge in [-0.25, -0.2) is 0 Å². The third-order valence-corrected chi connectivity index (χ3v) is 5.92. The van der Waals surface area contributed by atoms with Crippen LogP contribution in [-0.4, -0.2) is 18.8 Å². The Morgan fingerprint density at radius 1 is 1.25 bits per heavy atom. The average Bonchev–Trinajstić information content (AvgIpc) is 2.80. The summed E-state index contributed by atoms with van der Waals surface area (Å²) in [5, 5.41) is 0. The van der Waals surface area contributed by atoms with Gasteiger partial charge in [0.2, 0.25) is 0 Å². The van der Waals surface area contributed by atoms with E-state index in [0.717, 1.165) is 25.7 Å². The van der Waals surface area contributed by atoms with Crippen LogP contribution in [0.4, 0.5) is 0 Å². The molecule has 114 valence electrons. The Morgan fingerprint density at radius 3 is 2.40 bits per heavy atom. The summed E-state index contributed by atoms with van der Waals surface area (Å²) in [6.07, 6.45) is 9.45. The standard InChI is InChI=1S/C16H28N2OS/c1-3-13-8-9-14(20-13)12-15(18-17)16(19-2)10-6-4-5-7-11-16/h8-9,15,18H,3-7,10-12,17H2,1-2H3. The molecule has 0 saturated heterocycles. The van der Waals surface area contributed by atoms with Gasteiger partial charge in [0, 0.05) is 23.3 Å². The fourth-order valence-corrected chi connectivity index (χ4v) is 4.35. The molecule has 1 atom stereocenters. The molecule has 1 aromatic heterocycles. The van der Waals surface area contributed by atoms with Gasteiger partial charge in [0.05, 0.1) is 11.6 Å². The molecule has 0 amide bonds. The van der Waals surface area contributed by atoms with Crippen LogP contribution in [0.3, 0.4) is 0 Å². The molecular weight excluding hydrogens is 268 g/mol. The molecule has 1 saturated carbocycles. The molecule has 3 N–H and O–H groups in total. The summed E-state index contributed by atoms with van der Waals surface area (Å²) in [5.74, 6) is 5.88. The summed E-state index contributed by atoms with van der Waals surface area (Å²) >= 11 is 1.90. The van der Waals surface area contributed by atoms with E-state index in [2.05, 4.69) is 24.5 Å². The van der Waals surface area contributed by atoms with Gasteiger partial charge < -0.3 is 4.74 Å². The van der Waals surface area contributed by atoms with Crippen molar-refractivity contribution >= 4 is 11.3 Å². The number of hydrazine groups is 1. The van der Waals surface area contributed by atoms with Gasteiger partial charge in [0.1, 0.15) is 0 Å². The first-order valence-electron chi connectivity index (χ1n) is 7.83. The minimum absolute atomic E-state index is 0.0956. The molecule has 1 fully saturated rings. The number of aryl methyl sites for hydroxylation is 1. The molecule has 1 unspecified atom stereocenters. The molecule has 1 heterocycles. The van der Waals surface area contributed by atoms with Crippen molar-refractivity contribution in [3.63, 3.8) is 0 Å². The van der Waals surface area contributed by atoms with Crippen LogP contribution in [0, 0.1) is 0 Å². The minimum atomic E-state index is -0.0956. The van der Waals surface area contributed by atoms with E-state index in [1.807, 2.05) is 18.4 Å². The summed E-state index contributed by atoms with van der Waals surface area (Å²) in [6, 6.07) is 4.68. The van der Waals surface area contributed by atoms with Gasteiger partial charge in [-0.05, 0) is 31.4 Å². The van der Waals surface area contributed by atoms with Crippen molar-refractivity contribution in [2.45, 2.75) is 69.9 Å². The number of nitrogens with two attached hydrogens (primary N) is 1. The van der Waals surface area contributed by atoms with Crippen LogP contribution in [0.15, 0.2) is 12.1 Å². The highest BCUT2D eigenvalue weighted by Crippen LogP contribution is 2.34. The maximum atomic E-state index is 5.98. The second-order valence-corrected chi connectivity index (χ2v) is 7.08. The van der Waals surface area contributed by atoms with Crippen molar-refractivity contribution in [1.29, 1.82) is 0 Å². The lowest BCUT2D eigenvalue weighted by atomic mass is 9.84. The molecule has 1 aliphatic carbocycles. The van der Waals surface area contributed by atoms with Crippen LogP contribution in [0.2, 0.25) is 0 Å². The molecule has 4 heteroatoms. The number of methoxy groups -OCH3 is 1. The average molecular weight is 296 g/mol. The van der Waals surface area contributed by atoms with Crippen LogP contribution < -0.4 is 11.3 Å². The first-order chi connectivity index (χ1) is 9.74. The van der Waals surface area contributed by atoms with Gasteiger partial charge in [-0.1, -0.05) is 32.6 Å². The molecule has 20 heavy (non-hydrogen) atoms. The molecule has 2 rings (SSSR count). The predicted octanol–water partition coefficient (Wildman–Crippen LogP) is 3.42. The van der Waals surface area contributed by atoms with Crippen molar-refractivity contribution in [1.82, 2.24) is 5.43 Å². The number of rotatable bonds is 6. The quantitative estimate of drug-likeness (QED) is 0.480. The second-order valence-electron chi connectivity index (χ2n) is 5.83. The summed E-state index contributed by atoms with van der Waals surface area (Å²) in [7, 11) is 1.85. The van der Waals surface area contributed by atoms with E-state index >= 15 is 0 Å². The lowest BCUT2D eigenvalue weighted by Crippen LogP contribution is -2.55. The second kappa shape index (κ2) is 7.55. The Balaban J connectivity index is 2.11. The van der Waals surface area contributed by atoms with Crippen molar-refractivity contribution in [3.05, 3.63) is 21.9 Å². The minimum Gasteiger partial charge on any atom is -0.377 e. The summed E-state index contributed by atoms with van der Waals surface area (Å²) in [5.41, 5.74) is 2.95. The van der Waals surface area contributed by atoms with Crippen molar-refractivity contribution < 1.29 is 4.74 Å². The van der Waals surface area contributed by atoms with Crippen LogP contribution >= 0.6 is 11.3 Å². The van der Waals surface area contributed by atoms with Crippen LogP contribution in [0.1, 0.15) is 55.2 Å². The van der Waals surface area contributed by atoms with E-state index in [1.54, 1.807) is 0 Å². The van der Waals surface area contributed by atoms with Gasteiger partial charge >= 0.3 is 0 Å². The molecule has 0 aliphatic heterocycles. The highest BCUT2D eigenvalue weighted by molar-refractivity contribution is 7.11. The molecule has 0 aromatic carbocycles. The zero-order chi connectivity index (χ0) is 14.4. The maximum Gasteiger partial charge on any atom is 0.0847 e. The number of nitrogens with one attached hydrogen (secondary N) is 1. The monoisotopic (exact) mass is 296 g/mol. The molecule has 1 aliphatic rings. The lowest BCUT2D eigenvalue weighted by molar-refractivity contribution is -0.0525. The van der Waals surface area contributed by atoms with E-state index in [9.17, 15) is 0 Å². The molecule has 0 radical (unpaired) electrons. The fourth-order valence-electron chi connectivity index (χ4n) is 3.34. The predicted molar refractivity (Wildman–Crippen MR) is 86.0 cm³/mol. The van der Waals surface area contributed by atoms with Gasteiger partial charge in [-0.15, -0.1) is 11.3 Å². The highest BCUT2D eigenvalue weighted by Gasteiger charge is 2.38. The first kappa shape index (κ1) is 16.0. The maximum absolute atomic E-state index is 5.98. The van der Waals surface area contributed by atoms with Crippen molar-refractivity contribution in [2.24, 2.45) is 5.84 Å². The van der Waals surface area contributed by atoms with Gasteiger partial charge in [0.25, 0.3) is 0 Å². The zero-order valence-electron chi connectivity index (χ0n) is 12.8. The third-order valence-electron chi connectivity index (χ3n) is 4.66. The largest absolute Gasteiger partial charge is 0.377 e. The Kier molecular flexibility index (Phi) is 6.02. The van der Waals surface area contributed by atoms with E-state index in [0.29, 0.717) is 0 Å². The summed E-state index contributed by atoms with van der Waals surface area (Å²) < 4.78 is 5.98. The van der Waals surface area contributed by atoms with Gasteiger partial charge in [-0.3, -0.25) is 11.3 Å². The molecule has 3 nitrogen and oxygen atoms in total. The SMILES string of the molecule is CCc1ccc(CC(NN)C2(OC)CCCCCC2)s1. The molecule has 0 bridgehead atoms. The van der Waals surface area contributed by atoms with Crippen molar-refractivity contribution in [2.75, 3.05) is 7.11 Å². The van der Waals surface area contributed by atoms with Crippen LogP contribution in [-0.2, 0) is 17.6 Å². The third kappa shape index (κ3) is 3.61. The van der Waals surface area contributed by atoms with E-state index in [4.69, 9.17) is 10.6 Å². The van der Waals surface area contributed by atoms with Gasteiger partial charge in [0.15, 0.2) is 0 Å². The Labute approximate surface area is 126 Å². The van der Waals surface area contributed by atoms with E-state index < -0.39 is 0 Å². The molecule has 0 spiro atoms. The highest BCUT2D eigenvalue weighted by atomic mass is 32.1. The first-order valence-corrected chi connectivity index (χ1v) is 8.64. The fraction of sp³-hybridized carbons (Fsp3) is 0.750. The van der Waals surface area contributed by atoms with Gasteiger partial charge in [-0.2, -0.15) is 0 Å². The molecule has 1 aromatic rings. The lowest BCUT2D eigenvalue weighted by Gasteiger charge is -2.38. The Bertz CT molecular complexity index is 397. The topological polar surface area (TPSA) is 47.3 Å². The molecular formula is C16H28N2OS. The van der Waals surface area contributed by atoms with E-state index in [1.165, 1.54) is 35.4 Å². The number of hydrogen-bond acceptors (Lipinski definition) is 4. The Morgan fingerprint density at radius 2 is 1.90 bits per heavy atom. The smallest absolute Gasteiger partial charge is 0.0847 e. The van der Waals surface area contributed by atoms with E-state index in [-0.39, 0.29) is 11.6 Å². The summed E-state index contributed by atoms with van der Waals surface area (Å²) in [6.45, 7) is 2.20. The Hall–Kier alpha value is -0.420. The normalized spacial score (nSPS) is 20.6. The van der Waals surface area contributed by atoms with Crippen molar-refractivity contribution in [3.8, 4) is 0 Å². The number of hydrogen-bond donors (Lipinski definition) is 2.